The summed E-state index contributed by atoms with van der Waals surface area (Å²) >= 11 is 0. The summed E-state index contributed by atoms with van der Waals surface area (Å²) in [5, 5.41) is 3.82. The minimum Gasteiger partial charge on any atom is -0.366 e. The largest absolute Gasteiger partial charge is 0.435 e. The van der Waals surface area contributed by atoms with Crippen LogP contribution in [0.4, 0.5) is 26.3 Å². The molecule has 230 valence electrons. The van der Waals surface area contributed by atoms with E-state index in [1.165, 1.54) is 18.3 Å². The van der Waals surface area contributed by atoms with Crippen molar-refractivity contribution in [2.75, 3.05) is 0 Å². The third-order valence-corrected chi connectivity index (χ3v) is 7.88. The number of fused-ring (bicyclic) bond motifs is 1. The van der Waals surface area contributed by atoms with Gasteiger partial charge in [0.05, 0.1) is 17.8 Å². The van der Waals surface area contributed by atoms with Crippen molar-refractivity contribution in [1.82, 2.24) is 14.8 Å². The average molecular weight is 615 g/mol. The van der Waals surface area contributed by atoms with Crippen LogP contribution in [-0.4, -0.2) is 26.5 Å². The molecule has 1 aliphatic rings. The highest BCUT2D eigenvalue weighted by Gasteiger charge is 2.41. The summed E-state index contributed by atoms with van der Waals surface area (Å²) in [6, 6.07) is 9.87. The number of hydrogen-bond acceptors (Lipinski definition) is 4. The molecule has 1 unspecified atom stereocenters. The molecular weight excluding hydrogens is 586 g/mol. The van der Waals surface area contributed by atoms with E-state index in [4.69, 9.17) is 5.73 Å². The van der Waals surface area contributed by atoms with Crippen LogP contribution in [0.3, 0.4) is 0 Å². The van der Waals surface area contributed by atoms with E-state index < -0.39 is 53.5 Å². The molecule has 2 heterocycles. The van der Waals surface area contributed by atoms with E-state index in [9.17, 15) is 35.9 Å². The van der Waals surface area contributed by atoms with Gasteiger partial charge in [-0.15, -0.1) is 0 Å². The van der Waals surface area contributed by atoms with Gasteiger partial charge in [0.25, 0.3) is 5.91 Å². The Morgan fingerprint density at radius 3 is 2.48 bits per heavy atom. The number of primary amides is 1. The van der Waals surface area contributed by atoms with Crippen molar-refractivity contribution in [1.29, 1.82) is 0 Å². The van der Waals surface area contributed by atoms with E-state index in [0.717, 1.165) is 22.9 Å². The van der Waals surface area contributed by atoms with E-state index >= 15 is 0 Å². The van der Waals surface area contributed by atoms with Crippen molar-refractivity contribution in [3.05, 3.63) is 106 Å². The molecule has 0 spiro atoms. The molecule has 2 N–H and O–H groups in total. The lowest BCUT2D eigenvalue weighted by molar-refractivity contribution is -0.142. The van der Waals surface area contributed by atoms with Crippen molar-refractivity contribution in [2.45, 2.75) is 63.6 Å². The Hall–Kier alpha value is -4.48. The Morgan fingerprint density at radius 2 is 1.80 bits per heavy atom. The van der Waals surface area contributed by atoms with E-state index in [-0.39, 0.29) is 35.4 Å². The number of aromatic nitrogens is 3. The van der Waals surface area contributed by atoms with Crippen LogP contribution in [-0.2, 0) is 30.4 Å². The first-order valence-corrected chi connectivity index (χ1v) is 14.0. The van der Waals surface area contributed by atoms with Gasteiger partial charge in [-0.1, -0.05) is 19.1 Å². The van der Waals surface area contributed by atoms with Crippen molar-refractivity contribution in [2.24, 2.45) is 5.73 Å². The smallest absolute Gasteiger partial charge is 0.366 e. The number of amides is 1. The predicted octanol–water partition coefficient (Wildman–Crippen LogP) is 6.91. The topological polar surface area (TPSA) is 90.9 Å². The Morgan fingerprint density at radius 1 is 1.07 bits per heavy atom. The van der Waals surface area contributed by atoms with Crippen molar-refractivity contribution in [3.8, 4) is 11.1 Å². The number of nitrogens with zero attached hydrogens (tertiary/aromatic N) is 3. The molecule has 2 aromatic carbocycles. The Bertz CT molecular complexity index is 1710. The number of nitrogens with two attached hydrogens (primary N) is 1. The number of pyridine rings is 1. The van der Waals surface area contributed by atoms with Gasteiger partial charge in [-0.3, -0.25) is 19.3 Å². The number of Topliss-reactive ketones (excluding diaryl/α,β-unsaturated/α-hetero) is 1. The predicted molar refractivity (Wildman–Crippen MR) is 149 cm³/mol. The molecule has 0 saturated carbocycles. The molecule has 0 bridgehead atoms. The Kier molecular flexibility index (Phi) is 8.62. The Balaban J connectivity index is 1.53. The van der Waals surface area contributed by atoms with Gasteiger partial charge in [0, 0.05) is 41.4 Å². The highest BCUT2D eigenvalue weighted by Crippen LogP contribution is 2.41. The SMILES string of the molecule is CC1CCCc2c1c(C(F)(F)F)nn2CC(=O)C[C@@H](Cc1cc(F)cc(F)c1)c1ncccc1-c1ccc(F)c(C(N)=O)c1. The highest BCUT2D eigenvalue weighted by molar-refractivity contribution is 5.94. The van der Waals surface area contributed by atoms with Crippen LogP contribution in [0.1, 0.15) is 76.6 Å². The number of carbonyl (C=O) groups is 2. The molecule has 0 radical (unpaired) electrons. The van der Waals surface area contributed by atoms with Gasteiger partial charge in [0.15, 0.2) is 11.5 Å². The van der Waals surface area contributed by atoms with E-state index in [2.05, 4.69) is 10.1 Å². The summed E-state index contributed by atoms with van der Waals surface area (Å²) in [5.74, 6) is -5.13. The average Bonchev–Trinajstić information content (AvgIpc) is 3.32. The number of alkyl halides is 3. The summed E-state index contributed by atoms with van der Waals surface area (Å²) in [6.45, 7) is 1.26. The normalized spacial score (nSPS) is 15.6. The minimum atomic E-state index is -4.68. The summed E-state index contributed by atoms with van der Waals surface area (Å²) < 4.78 is 85.2. The molecule has 4 aromatic rings. The van der Waals surface area contributed by atoms with Gasteiger partial charge >= 0.3 is 6.18 Å². The van der Waals surface area contributed by atoms with Gasteiger partial charge in [-0.2, -0.15) is 18.3 Å². The van der Waals surface area contributed by atoms with Crippen LogP contribution in [0.15, 0.2) is 54.7 Å². The number of ketones is 1. The lowest BCUT2D eigenvalue weighted by atomic mass is 9.86. The summed E-state index contributed by atoms with van der Waals surface area (Å²) in [7, 11) is 0. The second-order valence-corrected chi connectivity index (χ2v) is 11.1. The zero-order valence-corrected chi connectivity index (χ0v) is 23.6. The molecule has 0 saturated heterocycles. The first-order chi connectivity index (χ1) is 20.8. The third-order valence-electron chi connectivity index (χ3n) is 7.88. The van der Waals surface area contributed by atoms with Gasteiger partial charge < -0.3 is 5.73 Å². The van der Waals surface area contributed by atoms with Crippen molar-refractivity contribution < 1.29 is 35.9 Å². The molecule has 2 atom stereocenters. The quantitative estimate of drug-likeness (QED) is 0.208. The van der Waals surface area contributed by atoms with Crippen LogP contribution >= 0.6 is 0 Å². The fourth-order valence-electron chi connectivity index (χ4n) is 6.01. The fourth-order valence-corrected chi connectivity index (χ4v) is 6.01. The first-order valence-electron chi connectivity index (χ1n) is 14.0. The maximum Gasteiger partial charge on any atom is 0.435 e. The number of hydrogen-bond donors (Lipinski definition) is 1. The number of halogens is 6. The standard InChI is InChI=1S/C32H28F6N4O2/c1-17-4-2-6-27-28(17)30(32(36,37)38)41-42(27)16-23(43)13-20(10-18-11-21(33)15-22(34)12-18)29-24(5-3-9-40-29)19-7-8-26(35)25(14-19)31(39)44/h3,5,7-9,11-12,14-15,17,20H,2,4,6,10,13,16H2,1H3,(H2,39,44)/t17?,20-/m1/s1. The molecule has 2 aromatic heterocycles. The second-order valence-electron chi connectivity index (χ2n) is 11.1. The third kappa shape index (κ3) is 6.53. The van der Waals surface area contributed by atoms with Crippen LogP contribution in [0.5, 0.6) is 0 Å². The summed E-state index contributed by atoms with van der Waals surface area (Å²) in [6.07, 6.45) is -1.99. The summed E-state index contributed by atoms with van der Waals surface area (Å²) in [4.78, 5) is 29.8. The van der Waals surface area contributed by atoms with Crippen LogP contribution < -0.4 is 5.73 Å². The monoisotopic (exact) mass is 614 g/mol. The highest BCUT2D eigenvalue weighted by atomic mass is 19.4. The fraction of sp³-hybridized carbons (Fsp3) is 0.312. The maximum absolute atomic E-state index is 14.2. The molecule has 12 heteroatoms. The zero-order chi connectivity index (χ0) is 31.8. The van der Waals surface area contributed by atoms with Gasteiger partial charge in [0.1, 0.15) is 17.5 Å². The summed E-state index contributed by atoms with van der Waals surface area (Å²) in [5.41, 5.74) is 5.74. The number of rotatable bonds is 9. The molecule has 1 aliphatic carbocycles. The zero-order valence-electron chi connectivity index (χ0n) is 23.6. The molecule has 0 aliphatic heterocycles. The second kappa shape index (κ2) is 12.3. The number of benzene rings is 2. The molecule has 44 heavy (non-hydrogen) atoms. The van der Waals surface area contributed by atoms with Gasteiger partial charge in [-0.05, 0) is 73.1 Å². The first kappa shape index (κ1) is 31.0. The molecule has 0 fully saturated rings. The van der Waals surface area contributed by atoms with Crippen LogP contribution in [0.2, 0.25) is 0 Å². The van der Waals surface area contributed by atoms with Crippen LogP contribution in [0.25, 0.3) is 11.1 Å². The van der Waals surface area contributed by atoms with Gasteiger partial charge in [-0.25, -0.2) is 13.2 Å². The van der Waals surface area contributed by atoms with Crippen molar-refractivity contribution >= 4 is 11.7 Å². The minimum absolute atomic E-state index is 0.0592. The molecular formula is C32H28F6N4O2. The van der Waals surface area contributed by atoms with E-state index in [0.29, 0.717) is 47.8 Å². The molecule has 1 amide bonds. The van der Waals surface area contributed by atoms with Gasteiger partial charge in [0.2, 0.25) is 0 Å². The Labute approximate surface area is 248 Å². The van der Waals surface area contributed by atoms with E-state index in [1.807, 2.05) is 0 Å². The van der Waals surface area contributed by atoms with E-state index in [1.54, 1.807) is 19.1 Å². The number of carbonyl (C=O) groups excluding carboxylic acids is 2. The van der Waals surface area contributed by atoms with Crippen molar-refractivity contribution in [3.63, 3.8) is 0 Å². The molecule has 5 rings (SSSR count). The molecule has 6 nitrogen and oxygen atoms in total. The maximum atomic E-state index is 14.2. The lowest BCUT2D eigenvalue weighted by Crippen LogP contribution is -2.20. The lowest BCUT2D eigenvalue weighted by Gasteiger charge is -2.22. The van der Waals surface area contributed by atoms with Crippen LogP contribution in [0, 0.1) is 17.5 Å².